The molecule has 0 radical (unpaired) electrons. The van der Waals surface area contributed by atoms with E-state index in [4.69, 9.17) is 18.9 Å². The fraction of sp³-hybridized carbons (Fsp3) is 0.675. The summed E-state index contributed by atoms with van der Waals surface area (Å²) in [5.41, 5.74) is 0. The van der Waals surface area contributed by atoms with Gasteiger partial charge in [-0.15, -0.1) is 0 Å². The van der Waals surface area contributed by atoms with Gasteiger partial charge in [0.05, 0.1) is 44.6 Å². The summed E-state index contributed by atoms with van der Waals surface area (Å²) in [4.78, 5) is 61.7. The summed E-state index contributed by atoms with van der Waals surface area (Å²) in [6.07, 6.45) is 24.4. The fourth-order valence-electron chi connectivity index (χ4n) is 5.53. The number of hydrogen-bond donors (Lipinski definition) is 1. The number of ether oxygens (including phenoxy) is 4. The van der Waals surface area contributed by atoms with Crippen LogP contribution in [0.1, 0.15) is 105 Å². The largest absolute Gasteiger partial charge is 0.464 e. The molecule has 0 saturated carbocycles. The molecule has 1 unspecified atom stereocenters. The number of esters is 2. The first-order valence-corrected chi connectivity index (χ1v) is 19.1. The Labute approximate surface area is 311 Å². The van der Waals surface area contributed by atoms with Gasteiger partial charge in [0.1, 0.15) is 13.2 Å². The van der Waals surface area contributed by atoms with Crippen LogP contribution < -0.4 is 0 Å². The van der Waals surface area contributed by atoms with Crippen molar-refractivity contribution in [2.24, 2.45) is 0 Å². The number of aliphatic hydroxyl groups is 1. The van der Waals surface area contributed by atoms with Crippen molar-refractivity contribution in [2.45, 2.75) is 123 Å². The molecule has 2 fully saturated rings. The first-order chi connectivity index (χ1) is 25.2. The molecule has 12 heteroatoms. The highest BCUT2D eigenvalue weighted by Crippen LogP contribution is 2.21. The number of amides is 2. The van der Waals surface area contributed by atoms with Gasteiger partial charge in [-0.3, -0.25) is 14.4 Å². The van der Waals surface area contributed by atoms with Gasteiger partial charge < -0.3 is 33.9 Å². The SMILES string of the molecule is CCCCCC(=O)/C=C/[C@H]1CCC(=O)N1C/C=C\COCC(=O)OCC.CCCCCC(O)/C=C/[C@H]1CCC(=O)N1C/C=C\COCC(=O)OCC. The van der Waals surface area contributed by atoms with Gasteiger partial charge in [0.25, 0.3) is 0 Å². The molecular formula is C40H64N2O10. The van der Waals surface area contributed by atoms with Gasteiger partial charge in [0.2, 0.25) is 11.8 Å². The third-order valence-electron chi connectivity index (χ3n) is 8.36. The number of hydrogen-bond acceptors (Lipinski definition) is 10. The second-order valence-electron chi connectivity index (χ2n) is 12.6. The molecule has 294 valence electrons. The maximum atomic E-state index is 12.0. The third-order valence-corrected chi connectivity index (χ3v) is 8.36. The summed E-state index contributed by atoms with van der Waals surface area (Å²) in [6.45, 7) is 9.85. The number of nitrogens with zero attached hydrogens (tertiary/aromatic N) is 2. The number of unbranched alkanes of at least 4 members (excludes halogenated alkanes) is 4. The van der Waals surface area contributed by atoms with Crippen LogP contribution in [0.2, 0.25) is 0 Å². The molecule has 0 spiro atoms. The third kappa shape index (κ3) is 21.7. The van der Waals surface area contributed by atoms with Crippen LogP contribution in [0.3, 0.4) is 0 Å². The van der Waals surface area contributed by atoms with Crippen LogP contribution in [0.4, 0.5) is 0 Å². The molecule has 2 amide bonds. The minimum Gasteiger partial charge on any atom is -0.464 e. The van der Waals surface area contributed by atoms with E-state index in [2.05, 4.69) is 13.8 Å². The molecule has 0 aromatic heterocycles. The molecule has 0 aromatic carbocycles. The zero-order valence-corrected chi connectivity index (χ0v) is 32.0. The highest BCUT2D eigenvalue weighted by atomic mass is 16.6. The van der Waals surface area contributed by atoms with E-state index in [1.807, 2.05) is 30.4 Å². The molecule has 3 atom stereocenters. The second-order valence-corrected chi connectivity index (χ2v) is 12.6. The second kappa shape index (κ2) is 29.9. The average molecular weight is 733 g/mol. The van der Waals surface area contributed by atoms with E-state index < -0.39 is 6.10 Å². The lowest BCUT2D eigenvalue weighted by molar-refractivity contribution is -0.148. The molecule has 52 heavy (non-hydrogen) atoms. The van der Waals surface area contributed by atoms with Gasteiger partial charge in [-0.2, -0.15) is 0 Å². The Kier molecular flexibility index (Phi) is 26.7. The van der Waals surface area contributed by atoms with Crippen molar-refractivity contribution in [2.75, 3.05) is 52.7 Å². The number of allylic oxidation sites excluding steroid dienone is 1. The minimum atomic E-state index is -0.439. The van der Waals surface area contributed by atoms with Crippen LogP contribution in [-0.2, 0) is 42.9 Å². The fourth-order valence-corrected chi connectivity index (χ4v) is 5.53. The molecular weight excluding hydrogens is 668 g/mol. The van der Waals surface area contributed by atoms with E-state index in [9.17, 15) is 29.1 Å². The molecule has 2 aliphatic rings. The van der Waals surface area contributed by atoms with Crippen molar-refractivity contribution in [1.82, 2.24) is 9.80 Å². The van der Waals surface area contributed by atoms with Crippen molar-refractivity contribution in [3.05, 3.63) is 48.6 Å². The summed E-state index contributed by atoms with van der Waals surface area (Å²) < 4.78 is 19.9. The predicted octanol–water partition coefficient (Wildman–Crippen LogP) is 5.43. The molecule has 0 aliphatic carbocycles. The van der Waals surface area contributed by atoms with Gasteiger partial charge in [-0.1, -0.05) is 88.5 Å². The van der Waals surface area contributed by atoms with Crippen molar-refractivity contribution in [1.29, 1.82) is 0 Å². The highest BCUT2D eigenvalue weighted by molar-refractivity contribution is 5.90. The minimum absolute atomic E-state index is 0.0253. The maximum Gasteiger partial charge on any atom is 0.332 e. The van der Waals surface area contributed by atoms with Crippen molar-refractivity contribution in [3.63, 3.8) is 0 Å². The van der Waals surface area contributed by atoms with Gasteiger partial charge in [-0.25, -0.2) is 9.59 Å². The average Bonchev–Trinajstić information content (AvgIpc) is 3.66. The van der Waals surface area contributed by atoms with E-state index in [0.29, 0.717) is 52.2 Å². The Balaban J connectivity index is 0.000000520. The first-order valence-electron chi connectivity index (χ1n) is 19.1. The highest BCUT2D eigenvalue weighted by Gasteiger charge is 2.29. The molecule has 2 rings (SSSR count). The number of aliphatic hydroxyl groups excluding tert-OH is 1. The molecule has 1 N–H and O–H groups in total. The Hall–Kier alpha value is -3.61. The van der Waals surface area contributed by atoms with Crippen LogP contribution in [-0.4, -0.2) is 115 Å². The van der Waals surface area contributed by atoms with Crippen molar-refractivity contribution >= 4 is 29.5 Å². The summed E-state index contributed by atoms with van der Waals surface area (Å²) in [5, 5.41) is 9.99. The number of carbonyl (C=O) groups is 5. The number of carbonyl (C=O) groups excluding carboxylic acids is 5. The molecule has 2 aliphatic heterocycles. The predicted molar refractivity (Wildman–Crippen MR) is 200 cm³/mol. The molecule has 2 saturated heterocycles. The van der Waals surface area contributed by atoms with Crippen LogP contribution >= 0.6 is 0 Å². The van der Waals surface area contributed by atoms with Gasteiger partial charge in [0.15, 0.2) is 5.78 Å². The van der Waals surface area contributed by atoms with E-state index in [-0.39, 0.29) is 61.4 Å². The molecule has 12 nitrogen and oxygen atoms in total. The maximum absolute atomic E-state index is 12.0. The molecule has 0 bridgehead atoms. The Morgan fingerprint density at radius 2 is 1.23 bits per heavy atom. The topological polar surface area (TPSA) is 149 Å². The molecule has 0 aromatic rings. The normalized spacial score (nSPS) is 18.2. The first kappa shape index (κ1) is 46.4. The lowest BCUT2D eigenvalue weighted by Gasteiger charge is -2.21. The summed E-state index contributed by atoms with van der Waals surface area (Å²) in [7, 11) is 0. The summed E-state index contributed by atoms with van der Waals surface area (Å²) >= 11 is 0. The van der Waals surface area contributed by atoms with E-state index in [1.165, 1.54) is 0 Å². The van der Waals surface area contributed by atoms with Crippen LogP contribution in [0, 0.1) is 0 Å². The van der Waals surface area contributed by atoms with Crippen molar-refractivity contribution < 1.29 is 48.0 Å². The smallest absolute Gasteiger partial charge is 0.332 e. The van der Waals surface area contributed by atoms with Gasteiger partial charge in [0, 0.05) is 32.4 Å². The summed E-state index contributed by atoms with van der Waals surface area (Å²) in [5.74, 6) is -0.421. The zero-order valence-electron chi connectivity index (χ0n) is 32.0. The molecule has 2 heterocycles. The standard InChI is InChI=1S/C20H33NO5.C20H31NO5/c2*1-3-5-6-9-18(22)12-10-17-11-13-19(23)21(17)14-7-8-15-25-16-20(24)26-4-2/h7-8,10,12,17-18,22H,3-6,9,11,13-16H2,1-2H3;7-8,10,12,17H,3-6,9,11,13-16H2,1-2H3/b2*8-7-,12-10+/t17-,18?;17-/m00/s1. The Morgan fingerprint density at radius 1 is 0.731 bits per heavy atom. The quantitative estimate of drug-likeness (QED) is 0.0528. The lowest BCUT2D eigenvalue weighted by Crippen LogP contribution is -2.32. The van der Waals surface area contributed by atoms with Gasteiger partial charge in [-0.05, 0) is 45.6 Å². The van der Waals surface area contributed by atoms with Crippen molar-refractivity contribution in [3.8, 4) is 0 Å². The lowest BCUT2D eigenvalue weighted by atomic mass is 10.1. The van der Waals surface area contributed by atoms with E-state index >= 15 is 0 Å². The van der Waals surface area contributed by atoms with Crippen LogP contribution in [0.5, 0.6) is 0 Å². The number of likely N-dealkylation sites (tertiary alicyclic amines) is 2. The monoisotopic (exact) mass is 732 g/mol. The Morgan fingerprint density at radius 3 is 1.73 bits per heavy atom. The Bertz CT molecular complexity index is 1170. The summed E-state index contributed by atoms with van der Waals surface area (Å²) in [6, 6.07) is 0.0103. The van der Waals surface area contributed by atoms with Gasteiger partial charge >= 0.3 is 11.9 Å². The van der Waals surface area contributed by atoms with E-state index in [0.717, 1.165) is 57.8 Å². The van der Waals surface area contributed by atoms with Crippen LogP contribution in [0.25, 0.3) is 0 Å². The number of rotatable bonds is 26. The van der Waals surface area contributed by atoms with E-state index in [1.54, 1.807) is 41.9 Å². The number of ketones is 1. The zero-order chi connectivity index (χ0) is 38.4. The van der Waals surface area contributed by atoms with Crippen LogP contribution in [0.15, 0.2) is 48.6 Å².